The summed E-state index contributed by atoms with van der Waals surface area (Å²) in [5, 5.41) is 7.41. The molecule has 0 spiro atoms. The molecule has 61 heavy (non-hydrogen) atoms. The molecule has 10 atom stereocenters. The van der Waals surface area contributed by atoms with Crippen LogP contribution in [0.15, 0.2) is 48.8 Å². The lowest BCUT2D eigenvalue weighted by molar-refractivity contribution is -0.145. The molecule has 5 aliphatic rings. The van der Waals surface area contributed by atoms with E-state index < -0.39 is 24.3 Å². The largest absolute Gasteiger partial charge is 0.453 e. The lowest BCUT2D eigenvalue weighted by Gasteiger charge is -2.38. The number of aromatic amines is 2. The number of H-pyrrole nitrogens is 2. The second-order valence-corrected chi connectivity index (χ2v) is 17.9. The molecular weight excluding hydrogens is 777 g/mol. The Hall–Kier alpha value is -5.88. The number of ether oxygens (including phenoxy) is 3. The minimum absolute atomic E-state index is 0.0167. The minimum atomic E-state index is -0.873. The highest BCUT2D eigenvalue weighted by Gasteiger charge is 2.58. The van der Waals surface area contributed by atoms with Crippen molar-refractivity contribution < 1.29 is 33.4 Å². The predicted octanol–water partition coefficient (Wildman–Crippen LogP) is 5.99. The van der Waals surface area contributed by atoms with Gasteiger partial charge in [0, 0.05) is 30.3 Å². The van der Waals surface area contributed by atoms with Crippen LogP contribution in [0.25, 0.3) is 22.0 Å². The summed E-state index contributed by atoms with van der Waals surface area (Å²) in [4.78, 5) is 72.8. The zero-order valence-electron chi connectivity index (χ0n) is 35.4. The maximum atomic E-state index is 14.3. The highest BCUT2D eigenvalue weighted by atomic mass is 16.6. The molecule has 15 heteroatoms. The molecule has 9 rings (SSSR count). The Kier molecular flexibility index (Phi) is 10.8. The van der Waals surface area contributed by atoms with Crippen molar-refractivity contribution >= 4 is 34.8 Å². The molecule has 0 unspecified atom stereocenters. The van der Waals surface area contributed by atoms with Crippen molar-refractivity contribution in [2.24, 2.45) is 23.7 Å². The molecule has 4 amide bonds. The molecule has 3 aliphatic heterocycles. The molecule has 2 aromatic carbocycles. The first-order valence-corrected chi connectivity index (χ1v) is 21.6. The van der Waals surface area contributed by atoms with Gasteiger partial charge in [0.05, 0.1) is 49.5 Å². The average Bonchev–Trinajstić information content (AvgIpc) is 3.84. The second-order valence-electron chi connectivity index (χ2n) is 17.9. The van der Waals surface area contributed by atoms with Gasteiger partial charge in [0.1, 0.15) is 23.4 Å². The number of likely N-dealkylation sites (tertiary alicyclic amines) is 2. The average molecular weight is 831 g/mol. The molecule has 4 aromatic rings. The first-order valence-electron chi connectivity index (χ1n) is 21.6. The summed E-state index contributed by atoms with van der Waals surface area (Å²) in [6, 6.07) is 11.4. The van der Waals surface area contributed by atoms with Gasteiger partial charge in [-0.05, 0) is 111 Å². The van der Waals surface area contributed by atoms with E-state index in [4.69, 9.17) is 24.2 Å². The molecule has 4 N–H and O–H groups in total. The Morgan fingerprint density at radius 3 is 2.11 bits per heavy atom. The molecule has 0 radical (unpaired) electrons. The maximum Gasteiger partial charge on any atom is 0.407 e. The van der Waals surface area contributed by atoms with Crippen LogP contribution in [0.3, 0.4) is 0 Å². The van der Waals surface area contributed by atoms with Gasteiger partial charge in [0.2, 0.25) is 5.91 Å². The Bertz CT molecular complexity index is 2410. The van der Waals surface area contributed by atoms with Gasteiger partial charge >= 0.3 is 12.2 Å². The third-order valence-electron chi connectivity index (χ3n) is 13.2. The summed E-state index contributed by atoms with van der Waals surface area (Å²) in [6.07, 6.45) is 6.28. The second kappa shape index (κ2) is 16.2. The summed E-state index contributed by atoms with van der Waals surface area (Å²) in [5.41, 5.74) is 3.33. The summed E-state index contributed by atoms with van der Waals surface area (Å²) in [5.74, 6) is 8.25. The first-order chi connectivity index (χ1) is 29.4. The van der Waals surface area contributed by atoms with Gasteiger partial charge in [-0.3, -0.25) is 9.59 Å². The number of hydrogen-bond donors (Lipinski definition) is 4. The fraction of sp³-hybridized carbons (Fsp3) is 0.522. The van der Waals surface area contributed by atoms with Gasteiger partial charge in [-0.2, -0.15) is 0 Å². The normalized spacial score (nSPS) is 28.3. The van der Waals surface area contributed by atoms with Gasteiger partial charge in [-0.25, -0.2) is 19.6 Å². The van der Waals surface area contributed by atoms with Gasteiger partial charge < -0.3 is 44.6 Å². The topological polar surface area (TPSA) is 184 Å². The third-order valence-corrected chi connectivity index (χ3v) is 13.2. The van der Waals surface area contributed by atoms with Crippen molar-refractivity contribution in [3.05, 3.63) is 71.7 Å². The molecule has 320 valence electrons. The smallest absolute Gasteiger partial charge is 0.407 e. The van der Waals surface area contributed by atoms with Crippen molar-refractivity contribution in [2.75, 3.05) is 14.2 Å². The molecule has 2 saturated carbocycles. The minimum Gasteiger partial charge on any atom is -0.453 e. The molecule has 5 heterocycles. The molecule has 3 saturated heterocycles. The van der Waals surface area contributed by atoms with Gasteiger partial charge in [0.25, 0.3) is 5.91 Å². The number of benzene rings is 2. The molecule has 2 aromatic heterocycles. The Labute approximate surface area is 355 Å². The summed E-state index contributed by atoms with van der Waals surface area (Å²) in [6.45, 7) is 7.78. The fourth-order valence-electron chi connectivity index (χ4n) is 10.1. The van der Waals surface area contributed by atoms with Crippen LogP contribution in [-0.4, -0.2) is 104 Å². The number of alkyl carbamates (subject to hydrolysis) is 2. The number of piperidine rings is 2. The van der Waals surface area contributed by atoms with E-state index in [0.717, 1.165) is 59.1 Å². The van der Waals surface area contributed by atoms with Crippen molar-refractivity contribution in [3.8, 4) is 23.1 Å². The molecule has 0 bridgehead atoms. The standard InChI is InChI=1S/C46H54N8O7/c1-23(2)40(61-45(57)47-5)44(56)54-36-18-31(36)20-38(54)42-49-22-34(51-42)29-11-10-27-15-26(7-9-28(27)16-29)8-12-33-21-48-41(50-33)37-19-30-17-35(30)53(37)43(55)39(52-46(58)59-6)32-13-24(3)60-25(4)14-32/h7,9-11,15-16,21-25,30-32,35-40H,13-14,17-20H2,1-6H3,(H,47,57)(H,48,50)(H,49,51)(H,52,58)/t24-,25-,30+,31-,35+,36+,37-,38-,39-,40-/m0/s1. The van der Waals surface area contributed by atoms with E-state index in [0.29, 0.717) is 36.2 Å². The summed E-state index contributed by atoms with van der Waals surface area (Å²) >= 11 is 0. The van der Waals surface area contributed by atoms with Crippen LogP contribution in [0, 0.1) is 35.5 Å². The number of amides is 4. The van der Waals surface area contributed by atoms with Crippen molar-refractivity contribution in [3.63, 3.8) is 0 Å². The van der Waals surface area contributed by atoms with Crippen LogP contribution >= 0.6 is 0 Å². The number of rotatable bonds is 9. The van der Waals surface area contributed by atoms with Crippen LogP contribution in [-0.2, 0) is 23.8 Å². The number of carbonyl (C=O) groups is 4. The number of nitrogens with one attached hydrogen (secondary N) is 4. The van der Waals surface area contributed by atoms with Crippen LogP contribution in [0.5, 0.6) is 0 Å². The van der Waals surface area contributed by atoms with E-state index in [1.807, 2.05) is 55.8 Å². The van der Waals surface area contributed by atoms with Crippen LogP contribution in [0.2, 0.25) is 0 Å². The number of aromatic nitrogens is 4. The number of carbonyl (C=O) groups excluding carboxylic acids is 4. The van der Waals surface area contributed by atoms with Crippen LogP contribution < -0.4 is 10.6 Å². The van der Waals surface area contributed by atoms with E-state index in [2.05, 4.69) is 56.7 Å². The first kappa shape index (κ1) is 40.5. The molecule has 15 nitrogen and oxygen atoms in total. The van der Waals surface area contributed by atoms with Crippen molar-refractivity contribution in [1.82, 2.24) is 40.4 Å². The van der Waals surface area contributed by atoms with Gasteiger partial charge in [-0.1, -0.05) is 38.0 Å². The van der Waals surface area contributed by atoms with Crippen LogP contribution in [0.1, 0.15) is 101 Å². The lowest BCUT2D eigenvalue weighted by atomic mass is 9.85. The molecular formula is C46H54N8O7. The number of hydrogen-bond acceptors (Lipinski definition) is 9. The Morgan fingerprint density at radius 1 is 0.803 bits per heavy atom. The highest BCUT2D eigenvalue weighted by molar-refractivity contribution is 5.89. The fourth-order valence-corrected chi connectivity index (χ4v) is 10.1. The van der Waals surface area contributed by atoms with Crippen LogP contribution in [0.4, 0.5) is 9.59 Å². The van der Waals surface area contributed by atoms with Crippen molar-refractivity contribution in [1.29, 1.82) is 0 Å². The maximum absolute atomic E-state index is 14.3. The number of methoxy groups -OCH3 is 1. The van der Waals surface area contributed by atoms with E-state index in [9.17, 15) is 19.2 Å². The Morgan fingerprint density at radius 2 is 1.44 bits per heavy atom. The Balaban J connectivity index is 0.881. The highest BCUT2D eigenvalue weighted by Crippen LogP contribution is 2.54. The van der Waals surface area contributed by atoms with Gasteiger partial charge in [0.15, 0.2) is 6.10 Å². The summed E-state index contributed by atoms with van der Waals surface area (Å²) < 4.78 is 16.4. The van der Waals surface area contributed by atoms with Gasteiger partial charge in [-0.15, -0.1) is 0 Å². The van der Waals surface area contributed by atoms with E-state index in [1.54, 1.807) is 6.20 Å². The monoisotopic (exact) mass is 830 g/mol. The third kappa shape index (κ3) is 8.05. The van der Waals surface area contributed by atoms with E-state index in [-0.39, 0.29) is 60.0 Å². The van der Waals surface area contributed by atoms with E-state index in [1.165, 1.54) is 14.2 Å². The SMILES string of the molecule is CNC(=O)O[C@H](C(=O)N1[C@@H]2C[C@H]2C[C@H]1c1ncc(-c2ccc3cc(C#Cc4cnc([C@@H]5C[C@H]6C[C@H]6N5C(=O)[C@@H](NC(=O)OC)C5C[C@H](C)O[C@@H](C)C5)[nH]4)ccc3c2)[nH]1)C(C)C. The number of nitrogens with zero attached hydrogens (tertiary/aromatic N) is 4. The molecule has 5 fully saturated rings. The summed E-state index contributed by atoms with van der Waals surface area (Å²) in [7, 11) is 2.80. The number of fused-ring (bicyclic) bond motifs is 3. The zero-order chi connectivity index (χ0) is 42.7. The zero-order valence-corrected chi connectivity index (χ0v) is 35.4. The lowest BCUT2D eigenvalue weighted by Crippen LogP contribution is -2.55. The quantitative estimate of drug-likeness (QED) is 0.147. The predicted molar refractivity (Wildman–Crippen MR) is 225 cm³/mol. The number of imidazole rings is 2. The molecule has 2 aliphatic carbocycles. The van der Waals surface area contributed by atoms with Crippen molar-refractivity contribution in [2.45, 2.75) is 115 Å². The van der Waals surface area contributed by atoms with E-state index >= 15 is 0 Å².